The van der Waals surface area contributed by atoms with E-state index >= 15 is 0 Å². The summed E-state index contributed by atoms with van der Waals surface area (Å²) in [5.74, 6) is 2.04. The van der Waals surface area contributed by atoms with E-state index in [0.717, 1.165) is 69.0 Å². The maximum Gasteiger partial charge on any atom is 0.231 e. The molecule has 7 rings (SSSR count). The second-order valence-corrected chi connectivity index (χ2v) is 8.74. The molecule has 0 bridgehead atoms. The van der Waals surface area contributed by atoms with E-state index in [9.17, 15) is 0 Å². The van der Waals surface area contributed by atoms with Crippen LogP contribution in [0.25, 0.3) is 56.1 Å². The Labute approximate surface area is 211 Å². The van der Waals surface area contributed by atoms with Gasteiger partial charge in [-0.05, 0) is 54.6 Å². The van der Waals surface area contributed by atoms with Crippen molar-refractivity contribution < 1.29 is 9.47 Å². The number of benzene rings is 1. The number of imidazole rings is 1. The van der Waals surface area contributed by atoms with Crippen LogP contribution in [0.2, 0.25) is 0 Å². The molecule has 0 saturated carbocycles. The van der Waals surface area contributed by atoms with Crippen LogP contribution in [-0.2, 0) is 6.54 Å². The smallest absolute Gasteiger partial charge is 0.231 e. The molecule has 0 aliphatic carbocycles. The van der Waals surface area contributed by atoms with Crippen molar-refractivity contribution in [1.29, 1.82) is 0 Å². The standard InChI is InChI=1S/C27H22N8O2/c1-2-28-11-15-9-17(13-29-12-15)18-4-5-20-25(31-18)26(35-34-20)27-32-19-7-8-30-23(24(19)33-27)16-3-6-21-22(10-16)37-14-36-21/h3-10,12-13,28H,2,11,14H2,1H3,(H,32,33)(H,34,35). The molecule has 0 saturated heterocycles. The summed E-state index contributed by atoms with van der Waals surface area (Å²) in [6.45, 7) is 3.96. The molecule has 3 N–H and O–H groups in total. The number of rotatable bonds is 6. The molecule has 5 aromatic heterocycles. The molecule has 0 unspecified atom stereocenters. The van der Waals surface area contributed by atoms with Gasteiger partial charge < -0.3 is 19.8 Å². The Kier molecular flexibility index (Phi) is 5.03. The molecule has 182 valence electrons. The van der Waals surface area contributed by atoms with E-state index in [1.165, 1.54) is 0 Å². The topological polar surface area (TPSA) is 127 Å². The molecule has 0 atom stereocenters. The van der Waals surface area contributed by atoms with Crippen LogP contribution in [0.4, 0.5) is 0 Å². The van der Waals surface area contributed by atoms with Gasteiger partial charge in [-0.25, -0.2) is 9.97 Å². The quantitative estimate of drug-likeness (QED) is 0.312. The molecule has 10 nitrogen and oxygen atoms in total. The summed E-state index contributed by atoms with van der Waals surface area (Å²) < 4.78 is 11.0. The highest BCUT2D eigenvalue weighted by Gasteiger charge is 2.19. The minimum absolute atomic E-state index is 0.222. The number of hydrogen-bond donors (Lipinski definition) is 3. The van der Waals surface area contributed by atoms with Crippen LogP contribution < -0.4 is 14.8 Å². The third-order valence-corrected chi connectivity index (χ3v) is 6.35. The van der Waals surface area contributed by atoms with Gasteiger partial charge in [-0.15, -0.1) is 0 Å². The molecule has 1 aliphatic rings. The molecule has 0 amide bonds. The van der Waals surface area contributed by atoms with Gasteiger partial charge in [-0.1, -0.05) is 6.92 Å². The number of H-pyrrole nitrogens is 2. The summed E-state index contributed by atoms with van der Waals surface area (Å²) >= 11 is 0. The summed E-state index contributed by atoms with van der Waals surface area (Å²) in [5, 5.41) is 11.0. The number of nitrogens with one attached hydrogen (secondary N) is 3. The predicted octanol–water partition coefficient (Wildman–Crippen LogP) is 4.46. The van der Waals surface area contributed by atoms with E-state index in [2.05, 4.69) is 43.5 Å². The largest absolute Gasteiger partial charge is 0.454 e. The number of aromatic amines is 2. The van der Waals surface area contributed by atoms with Crippen LogP contribution in [0.15, 0.2) is 61.1 Å². The van der Waals surface area contributed by atoms with Gasteiger partial charge in [0.15, 0.2) is 23.0 Å². The SMILES string of the molecule is CCNCc1cncc(-c2ccc3[nH]nc(-c4nc5c(-c6ccc7c(c6)OCO7)nccc5[nH]4)c3n2)c1. The summed E-state index contributed by atoms with van der Waals surface area (Å²) in [7, 11) is 0. The van der Waals surface area contributed by atoms with Crippen LogP contribution in [0.1, 0.15) is 12.5 Å². The molecule has 6 heterocycles. The van der Waals surface area contributed by atoms with Crippen LogP contribution in [-0.4, -0.2) is 48.5 Å². The Morgan fingerprint density at radius 1 is 0.892 bits per heavy atom. The Morgan fingerprint density at radius 2 is 1.81 bits per heavy atom. The number of ether oxygens (including phenoxy) is 2. The minimum Gasteiger partial charge on any atom is -0.454 e. The zero-order chi connectivity index (χ0) is 24.8. The lowest BCUT2D eigenvalue weighted by Gasteiger charge is -2.05. The lowest BCUT2D eigenvalue weighted by molar-refractivity contribution is 0.174. The number of hydrogen-bond acceptors (Lipinski definition) is 8. The Morgan fingerprint density at radius 3 is 2.76 bits per heavy atom. The zero-order valence-corrected chi connectivity index (χ0v) is 19.9. The van der Waals surface area contributed by atoms with Crippen molar-refractivity contribution in [3.63, 3.8) is 0 Å². The third kappa shape index (κ3) is 3.74. The van der Waals surface area contributed by atoms with Crippen LogP contribution in [0.3, 0.4) is 0 Å². The first-order chi connectivity index (χ1) is 18.3. The average Bonchev–Trinajstić information content (AvgIpc) is 3.68. The van der Waals surface area contributed by atoms with Gasteiger partial charge in [0.25, 0.3) is 0 Å². The fourth-order valence-corrected chi connectivity index (χ4v) is 4.52. The molecule has 1 aliphatic heterocycles. The number of pyridine rings is 3. The Balaban J connectivity index is 1.30. The van der Waals surface area contributed by atoms with Crippen LogP contribution in [0.5, 0.6) is 11.5 Å². The highest BCUT2D eigenvalue weighted by Crippen LogP contribution is 2.37. The van der Waals surface area contributed by atoms with Gasteiger partial charge in [0.1, 0.15) is 11.0 Å². The van der Waals surface area contributed by atoms with Gasteiger partial charge in [0, 0.05) is 36.3 Å². The van der Waals surface area contributed by atoms with E-state index in [0.29, 0.717) is 17.3 Å². The monoisotopic (exact) mass is 490 g/mol. The van der Waals surface area contributed by atoms with Gasteiger partial charge in [0.2, 0.25) is 6.79 Å². The molecule has 0 radical (unpaired) electrons. The van der Waals surface area contributed by atoms with E-state index < -0.39 is 0 Å². The lowest BCUT2D eigenvalue weighted by atomic mass is 10.1. The Bertz CT molecular complexity index is 1770. The van der Waals surface area contributed by atoms with Crippen molar-refractivity contribution in [3.8, 4) is 45.5 Å². The zero-order valence-electron chi connectivity index (χ0n) is 19.9. The molecule has 0 fully saturated rings. The summed E-state index contributed by atoms with van der Waals surface area (Å²) in [6.07, 6.45) is 5.46. The molecule has 10 heteroatoms. The maximum atomic E-state index is 5.55. The molecule has 6 aromatic rings. The van der Waals surface area contributed by atoms with Crippen molar-refractivity contribution in [2.45, 2.75) is 13.5 Å². The summed E-state index contributed by atoms with van der Waals surface area (Å²) in [6, 6.07) is 13.7. The first kappa shape index (κ1) is 21.5. The molecular weight excluding hydrogens is 468 g/mol. The average molecular weight is 491 g/mol. The first-order valence-corrected chi connectivity index (χ1v) is 12.0. The predicted molar refractivity (Wildman–Crippen MR) is 139 cm³/mol. The number of fused-ring (bicyclic) bond motifs is 3. The van der Waals surface area contributed by atoms with Crippen molar-refractivity contribution in [3.05, 3.63) is 66.6 Å². The van der Waals surface area contributed by atoms with Crippen LogP contribution >= 0.6 is 0 Å². The fraction of sp³-hybridized carbons (Fsp3) is 0.148. The molecule has 37 heavy (non-hydrogen) atoms. The first-order valence-electron chi connectivity index (χ1n) is 12.0. The van der Waals surface area contributed by atoms with Gasteiger partial charge in [-0.3, -0.25) is 15.1 Å². The normalized spacial score (nSPS) is 12.6. The second kappa shape index (κ2) is 8.68. The van der Waals surface area contributed by atoms with Gasteiger partial charge >= 0.3 is 0 Å². The molecule has 1 aromatic carbocycles. The van der Waals surface area contributed by atoms with Gasteiger partial charge in [-0.2, -0.15) is 5.10 Å². The maximum absolute atomic E-state index is 5.55. The van der Waals surface area contributed by atoms with Gasteiger partial charge in [0.05, 0.1) is 22.4 Å². The lowest BCUT2D eigenvalue weighted by Crippen LogP contribution is -2.11. The fourth-order valence-electron chi connectivity index (χ4n) is 4.52. The Hall–Kier alpha value is -4.83. The second-order valence-electron chi connectivity index (χ2n) is 8.74. The van der Waals surface area contributed by atoms with Crippen molar-refractivity contribution in [2.75, 3.05) is 13.3 Å². The molecular formula is C27H22N8O2. The van der Waals surface area contributed by atoms with E-state index in [4.69, 9.17) is 19.4 Å². The van der Waals surface area contributed by atoms with E-state index in [1.807, 2.05) is 48.8 Å². The highest BCUT2D eigenvalue weighted by atomic mass is 16.7. The van der Waals surface area contributed by atoms with E-state index in [-0.39, 0.29) is 6.79 Å². The van der Waals surface area contributed by atoms with Crippen molar-refractivity contribution >= 4 is 22.1 Å². The van der Waals surface area contributed by atoms with Crippen molar-refractivity contribution in [2.24, 2.45) is 0 Å². The number of nitrogens with zero attached hydrogens (tertiary/aromatic N) is 5. The van der Waals surface area contributed by atoms with Crippen LogP contribution in [0, 0.1) is 0 Å². The minimum atomic E-state index is 0.222. The molecule has 0 spiro atoms. The summed E-state index contributed by atoms with van der Waals surface area (Å²) in [5.41, 5.74) is 8.30. The summed E-state index contributed by atoms with van der Waals surface area (Å²) in [4.78, 5) is 22.2. The van der Waals surface area contributed by atoms with E-state index in [1.54, 1.807) is 6.20 Å². The number of aromatic nitrogens is 7. The third-order valence-electron chi connectivity index (χ3n) is 6.35. The highest BCUT2D eigenvalue weighted by molar-refractivity contribution is 5.95. The van der Waals surface area contributed by atoms with Crippen molar-refractivity contribution in [1.82, 2.24) is 40.4 Å².